The molecule has 0 aromatic carbocycles. The predicted molar refractivity (Wildman–Crippen MR) is 58.2 cm³/mol. The van der Waals surface area contributed by atoms with E-state index in [0.29, 0.717) is 6.54 Å². The van der Waals surface area contributed by atoms with Crippen LogP contribution in [0.4, 0.5) is 0 Å². The van der Waals surface area contributed by atoms with Crippen LogP contribution >= 0.6 is 15.9 Å². The summed E-state index contributed by atoms with van der Waals surface area (Å²) in [5, 5.41) is 4.33. The zero-order chi connectivity index (χ0) is 10.1. The Kier molecular flexibility index (Phi) is 2.52. The van der Waals surface area contributed by atoms with Crippen LogP contribution in [0.25, 0.3) is 5.65 Å². The summed E-state index contributed by atoms with van der Waals surface area (Å²) in [5.41, 5.74) is 6.40. The van der Waals surface area contributed by atoms with Gasteiger partial charge in [0.15, 0.2) is 11.5 Å². The fourth-order valence-corrected chi connectivity index (χ4v) is 1.51. The first kappa shape index (κ1) is 9.61. The second-order valence-corrected chi connectivity index (χ2v) is 4.17. The third-order valence-corrected chi connectivity index (χ3v) is 2.60. The van der Waals surface area contributed by atoms with Gasteiger partial charge in [0.05, 0.1) is 0 Å². The summed E-state index contributed by atoms with van der Waals surface area (Å²) in [6.07, 6.45) is 1.87. The highest BCUT2D eigenvalue weighted by molar-refractivity contribution is 9.10. The average Bonchev–Trinajstić information content (AvgIpc) is 2.59. The molecule has 1 atom stereocenters. The molecule has 0 amide bonds. The molecule has 0 radical (unpaired) electrons. The van der Waals surface area contributed by atoms with E-state index in [1.165, 1.54) is 0 Å². The van der Waals surface area contributed by atoms with Gasteiger partial charge in [-0.3, -0.25) is 0 Å². The topological polar surface area (TPSA) is 56.2 Å². The van der Waals surface area contributed by atoms with Crippen LogP contribution < -0.4 is 5.73 Å². The maximum Gasteiger partial charge on any atom is 0.156 e. The summed E-state index contributed by atoms with van der Waals surface area (Å²) >= 11 is 3.39. The van der Waals surface area contributed by atoms with Gasteiger partial charge in [0, 0.05) is 23.1 Å². The molecule has 2 aromatic heterocycles. The van der Waals surface area contributed by atoms with Gasteiger partial charge < -0.3 is 5.73 Å². The first-order valence-electron chi connectivity index (χ1n) is 4.42. The number of nitrogens with two attached hydrogens (primary N) is 1. The molecule has 2 N–H and O–H groups in total. The van der Waals surface area contributed by atoms with E-state index in [-0.39, 0.29) is 5.92 Å². The summed E-state index contributed by atoms with van der Waals surface area (Å²) in [5.74, 6) is 0.999. The Balaban J connectivity index is 2.51. The molecule has 4 nitrogen and oxygen atoms in total. The molecule has 0 spiro atoms. The Morgan fingerprint density at radius 1 is 1.64 bits per heavy atom. The highest BCUT2D eigenvalue weighted by atomic mass is 79.9. The standard InChI is InChI=1S/C9H11BrN4/c1-6(5-11)9-12-8-4-7(10)2-3-14(8)13-9/h2-4,6H,5,11H2,1H3. The van der Waals surface area contributed by atoms with Gasteiger partial charge in [-0.1, -0.05) is 22.9 Å². The van der Waals surface area contributed by atoms with Crippen LogP contribution in [0.2, 0.25) is 0 Å². The summed E-state index contributed by atoms with van der Waals surface area (Å²) in [6, 6.07) is 3.86. The Hall–Kier alpha value is -0.940. The zero-order valence-corrected chi connectivity index (χ0v) is 9.40. The number of hydrogen-bond acceptors (Lipinski definition) is 3. The molecule has 74 valence electrons. The van der Waals surface area contributed by atoms with Gasteiger partial charge >= 0.3 is 0 Å². The fraction of sp³-hybridized carbons (Fsp3) is 0.333. The molecular weight excluding hydrogens is 244 g/mol. The molecule has 0 saturated heterocycles. The van der Waals surface area contributed by atoms with Gasteiger partial charge in [0.1, 0.15) is 0 Å². The van der Waals surface area contributed by atoms with Crippen molar-refractivity contribution in [3.05, 3.63) is 28.6 Å². The largest absolute Gasteiger partial charge is 0.330 e. The monoisotopic (exact) mass is 254 g/mol. The van der Waals surface area contributed by atoms with Crippen molar-refractivity contribution >= 4 is 21.6 Å². The average molecular weight is 255 g/mol. The van der Waals surface area contributed by atoms with Crippen LogP contribution in [0.3, 0.4) is 0 Å². The van der Waals surface area contributed by atoms with Crippen molar-refractivity contribution in [1.82, 2.24) is 14.6 Å². The van der Waals surface area contributed by atoms with Gasteiger partial charge in [-0.25, -0.2) is 9.50 Å². The van der Waals surface area contributed by atoms with Gasteiger partial charge in [0.25, 0.3) is 0 Å². The van der Waals surface area contributed by atoms with Crippen LogP contribution in [0.5, 0.6) is 0 Å². The molecule has 0 saturated carbocycles. The van der Waals surface area contributed by atoms with E-state index in [2.05, 4.69) is 26.0 Å². The van der Waals surface area contributed by atoms with Crippen molar-refractivity contribution in [2.45, 2.75) is 12.8 Å². The predicted octanol–water partition coefficient (Wildman–Crippen LogP) is 1.55. The minimum Gasteiger partial charge on any atom is -0.330 e. The van der Waals surface area contributed by atoms with Gasteiger partial charge in [0.2, 0.25) is 0 Å². The van der Waals surface area contributed by atoms with Crippen LogP contribution in [-0.4, -0.2) is 21.1 Å². The Labute approximate surface area is 90.3 Å². The van der Waals surface area contributed by atoms with Crippen LogP contribution in [0.1, 0.15) is 18.7 Å². The molecule has 2 rings (SSSR count). The zero-order valence-electron chi connectivity index (χ0n) is 7.81. The van der Waals surface area contributed by atoms with E-state index >= 15 is 0 Å². The van der Waals surface area contributed by atoms with Gasteiger partial charge in [-0.15, -0.1) is 0 Å². The van der Waals surface area contributed by atoms with Crippen molar-refractivity contribution < 1.29 is 0 Å². The molecular formula is C9H11BrN4. The summed E-state index contributed by atoms with van der Waals surface area (Å²) in [4.78, 5) is 4.39. The molecule has 2 aromatic rings. The SMILES string of the molecule is CC(CN)c1nc2cc(Br)ccn2n1. The molecule has 0 aliphatic rings. The first-order valence-corrected chi connectivity index (χ1v) is 5.22. The molecule has 14 heavy (non-hydrogen) atoms. The minimum atomic E-state index is 0.202. The van der Waals surface area contributed by atoms with E-state index < -0.39 is 0 Å². The number of aromatic nitrogens is 3. The van der Waals surface area contributed by atoms with Crippen LogP contribution in [-0.2, 0) is 0 Å². The van der Waals surface area contributed by atoms with Crippen molar-refractivity contribution in [3.63, 3.8) is 0 Å². The highest BCUT2D eigenvalue weighted by Gasteiger charge is 2.09. The summed E-state index contributed by atoms with van der Waals surface area (Å²) < 4.78 is 2.76. The fourth-order valence-electron chi connectivity index (χ4n) is 1.19. The van der Waals surface area contributed by atoms with Gasteiger partial charge in [-0.05, 0) is 12.1 Å². The Morgan fingerprint density at radius 2 is 2.43 bits per heavy atom. The van der Waals surface area contributed by atoms with E-state index in [1.807, 2.05) is 25.3 Å². The Morgan fingerprint density at radius 3 is 3.14 bits per heavy atom. The van der Waals surface area contributed by atoms with E-state index in [9.17, 15) is 0 Å². The third-order valence-electron chi connectivity index (χ3n) is 2.11. The minimum absolute atomic E-state index is 0.202. The highest BCUT2D eigenvalue weighted by Crippen LogP contribution is 2.14. The summed E-state index contributed by atoms with van der Waals surface area (Å²) in [6.45, 7) is 2.59. The smallest absolute Gasteiger partial charge is 0.156 e. The third kappa shape index (κ3) is 1.65. The molecule has 0 fully saturated rings. The second kappa shape index (κ2) is 3.67. The second-order valence-electron chi connectivity index (χ2n) is 3.25. The van der Waals surface area contributed by atoms with E-state index in [0.717, 1.165) is 15.9 Å². The lowest BCUT2D eigenvalue weighted by atomic mass is 10.2. The number of rotatable bonds is 2. The quantitative estimate of drug-likeness (QED) is 0.885. The number of fused-ring (bicyclic) bond motifs is 1. The normalized spacial score (nSPS) is 13.4. The number of nitrogens with zero attached hydrogens (tertiary/aromatic N) is 3. The van der Waals surface area contributed by atoms with Crippen molar-refractivity contribution in [2.24, 2.45) is 5.73 Å². The van der Waals surface area contributed by atoms with Gasteiger partial charge in [-0.2, -0.15) is 5.10 Å². The first-order chi connectivity index (χ1) is 6.70. The van der Waals surface area contributed by atoms with Crippen molar-refractivity contribution in [2.75, 3.05) is 6.54 Å². The number of pyridine rings is 1. The van der Waals surface area contributed by atoms with E-state index in [1.54, 1.807) is 4.52 Å². The van der Waals surface area contributed by atoms with Crippen LogP contribution in [0.15, 0.2) is 22.8 Å². The van der Waals surface area contributed by atoms with E-state index in [4.69, 9.17) is 5.73 Å². The molecule has 0 bridgehead atoms. The lowest BCUT2D eigenvalue weighted by Crippen LogP contribution is -2.10. The Bertz CT molecular complexity index is 451. The number of hydrogen-bond donors (Lipinski definition) is 1. The number of halogens is 1. The molecule has 0 aliphatic carbocycles. The molecule has 5 heteroatoms. The van der Waals surface area contributed by atoms with Crippen molar-refractivity contribution in [3.8, 4) is 0 Å². The van der Waals surface area contributed by atoms with Crippen LogP contribution in [0, 0.1) is 0 Å². The lowest BCUT2D eigenvalue weighted by Gasteiger charge is -1.99. The summed E-state index contributed by atoms with van der Waals surface area (Å²) in [7, 11) is 0. The molecule has 1 unspecified atom stereocenters. The molecule has 0 aliphatic heterocycles. The maximum atomic E-state index is 5.56. The lowest BCUT2D eigenvalue weighted by molar-refractivity contribution is 0.708. The maximum absolute atomic E-state index is 5.56. The van der Waals surface area contributed by atoms with Crippen molar-refractivity contribution in [1.29, 1.82) is 0 Å². The molecule has 2 heterocycles.